The monoisotopic (exact) mass is 227 g/mol. The van der Waals surface area contributed by atoms with E-state index in [2.05, 4.69) is 17.1 Å². The van der Waals surface area contributed by atoms with Gasteiger partial charge in [0.2, 0.25) is 5.91 Å². The summed E-state index contributed by atoms with van der Waals surface area (Å²) < 4.78 is 0. The van der Waals surface area contributed by atoms with E-state index in [1.165, 1.54) is 19.4 Å². The molecule has 1 saturated heterocycles. The SMILES string of the molecule is CCCCN1CCN(C(=O)CNCC)CC1. The Morgan fingerprint density at radius 1 is 1.19 bits per heavy atom. The molecule has 1 aliphatic heterocycles. The molecule has 0 aromatic carbocycles. The van der Waals surface area contributed by atoms with Gasteiger partial charge in [-0.3, -0.25) is 9.69 Å². The predicted octanol–water partition coefficient (Wildman–Crippen LogP) is 0.540. The second-order valence-electron chi connectivity index (χ2n) is 4.36. The third-order valence-corrected chi connectivity index (χ3v) is 3.08. The number of hydrogen-bond acceptors (Lipinski definition) is 3. The Bertz CT molecular complexity index is 200. The highest BCUT2D eigenvalue weighted by Gasteiger charge is 2.19. The number of nitrogens with zero attached hydrogens (tertiary/aromatic N) is 2. The van der Waals surface area contributed by atoms with E-state index < -0.39 is 0 Å². The average Bonchev–Trinajstić information content (AvgIpc) is 2.34. The van der Waals surface area contributed by atoms with Crippen LogP contribution in [0.4, 0.5) is 0 Å². The van der Waals surface area contributed by atoms with Crippen LogP contribution in [0.3, 0.4) is 0 Å². The highest BCUT2D eigenvalue weighted by Crippen LogP contribution is 2.03. The topological polar surface area (TPSA) is 35.6 Å². The smallest absolute Gasteiger partial charge is 0.236 e. The fraction of sp³-hybridized carbons (Fsp3) is 0.917. The average molecular weight is 227 g/mol. The van der Waals surface area contributed by atoms with E-state index >= 15 is 0 Å². The molecule has 0 aromatic heterocycles. The molecule has 16 heavy (non-hydrogen) atoms. The van der Waals surface area contributed by atoms with Crippen LogP contribution < -0.4 is 5.32 Å². The van der Waals surface area contributed by atoms with E-state index in [4.69, 9.17) is 0 Å². The van der Waals surface area contributed by atoms with E-state index in [1.807, 2.05) is 11.8 Å². The maximum Gasteiger partial charge on any atom is 0.236 e. The van der Waals surface area contributed by atoms with Gasteiger partial charge < -0.3 is 10.2 Å². The second kappa shape index (κ2) is 7.63. The Kier molecular flexibility index (Phi) is 6.42. The zero-order valence-corrected chi connectivity index (χ0v) is 10.7. The van der Waals surface area contributed by atoms with Crippen LogP contribution in [0.15, 0.2) is 0 Å². The van der Waals surface area contributed by atoms with Gasteiger partial charge in [-0.05, 0) is 19.5 Å². The lowest BCUT2D eigenvalue weighted by molar-refractivity contribution is -0.131. The Morgan fingerprint density at radius 2 is 1.88 bits per heavy atom. The Labute approximate surface area is 99.0 Å². The molecule has 0 aromatic rings. The number of hydrogen-bond donors (Lipinski definition) is 1. The molecule has 1 heterocycles. The largest absolute Gasteiger partial charge is 0.339 e. The summed E-state index contributed by atoms with van der Waals surface area (Å²) in [5.41, 5.74) is 0. The van der Waals surface area contributed by atoms with Crippen LogP contribution in [0, 0.1) is 0 Å². The molecular formula is C12H25N3O. The molecule has 1 rings (SSSR count). The summed E-state index contributed by atoms with van der Waals surface area (Å²) >= 11 is 0. The molecule has 0 atom stereocenters. The molecule has 1 fully saturated rings. The molecule has 4 heteroatoms. The molecule has 4 nitrogen and oxygen atoms in total. The van der Waals surface area contributed by atoms with Crippen LogP contribution in [0.2, 0.25) is 0 Å². The standard InChI is InChI=1S/C12H25N3O/c1-3-5-6-14-7-9-15(10-8-14)12(16)11-13-4-2/h13H,3-11H2,1-2H3. The van der Waals surface area contributed by atoms with E-state index in [-0.39, 0.29) is 5.91 Å². The van der Waals surface area contributed by atoms with Gasteiger partial charge in [-0.15, -0.1) is 0 Å². The van der Waals surface area contributed by atoms with Gasteiger partial charge in [0.05, 0.1) is 6.54 Å². The van der Waals surface area contributed by atoms with Crippen molar-refractivity contribution in [2.45, 2.75) is 26.7 Å². The molecule has 0 bridgehead atoms. The fourth-order valence-electron chi connectivity index (χ4n) is 1.95. The number of unbranched alkanes of at least 4 members (excludes halogenated alkanes) is 1. The minimum absolute atomic E-state index is 0.247. The van der Waals surface area contributed by atoms with Gasteiger partial charge in [0.25, 0.3) is 0 Å². The van der Waals surface area contributed by atoms with Crippen molar-refractivity contribution < 1.29 is 4.79 Å². The Morgan fingerprint density at radius 3 is 2.44 bits per heavy atom. The van der Waals surface area contributed by atoms with Gasteiger partial charge >= 0.3 is 0 Å². The third kappa shape index (κ3) is 4.49. The summed E-state index contributed by atoms with van der Waals surface area (Å²) in [5, 5.41) is 3.09. The summed E-state index contributed by atoms with van der Waals surface area (Å²) in [7, 11) is 0. The number of rotatable bonds is 6. The van der Waals surface area contributed by atoms with Crippen molar-refractivity contribution in [3.63, 3.8) is 0 Å². The maximum atomic E-state index is 11.7. The third-order valence-electron chi connectivity index (χ3n) is 3.08. The first-order chi connectivity index (χ1) is 7.77. The molecule has 0 unspecified atom stereocenters. The lowest BCUT2D eigenvalue weighted by Crippen LogP contribution is -2.50. The Hall–Kier alpha value is -0.610. The van der Waals surface area contributed by atoms with Crippen molar-refractivity contribution in [3.8, 4) is 0 Å². The quantitative estimate of drug-likeness (QED) is 0.719. The van der Waals surface area contributed by atoms with Gasteiger partial charge in [-0.2, -0.15) is 0 Å². The molecule has 0 aliphatic carbocycles. The lowest BCUT2D eigenvalue weighted by Gasteiger charge is -2.34. The zero-order valence-electron chi connectivity index (χ0n) is 10.7. The van der Waals surface area contributed by atoms with Crippen molar-refractivity contribution in [1.29, 1.82) is 0 Å². The number of nitrogens with one attached hydrogen (secondary N) is 1. The molecule has 94 valence electrons. The first kappa shape index (κ1) is 13.5. The summed E-state index contributed by atoms with van der Waals surface area (Å²) in [4.78, 5) is 16.2. The molecular weight excluding hydrogens is 202 g/mol. The van der Waals surface area contributed by atoms with E-state index in [9.17, 15) is 4.79 Å². The first-order valence-corrected chi connectivity index (χ1v) is 6.48. The van der Waals surface area contributed by atoms with Crippen LogP contribution in [0.25, 0.3) is 0 Å². The van der Waals surface area contributed by atoms with Crippen LogP contribution in [0.5, 0.6) is 0 Å². The van der Waals surface area contributed by atoms with Crippen molar-refractivity contribution in [1.82, 2.24) is 15.1 Å². The maximum absolute atomic E-state index is 11.7. The molecule has 0 radical (unpaired) electrons. The summed E-state index contributed by atoms with van der Waals surface area (Å²) in [6.07, 6.45) is 2.52. The molecule has 0 spiro atoms. The highest BCUT2D eigenvalue weighted by atomic mass is 16.2. The van der Waals surface area contributed by atoms with Crippen LogP contribution in [-0.2, 0) is 4.79 Å². The van der Waals surface area contributed by atoms with Crippen molar-refractivity contribution in [2.75, 3.05) is 45.8 Å². The lowest BCUT2D eigenvalue weighted by atomic mass is 10.2. The van der Waals surface area contributed by atoms with Gasteiger partial charge in [-0.25, -0.2) is 0 Å². The molecule has 1 amide bonds. The van der Waals surface area contributed by atoms with Gasteiger partial charge in [0.1, 0.15) is 0 Å². The van der Waals surface area contributed by atoms with E-state index in [1.54, 1.807) is 0 Å². The molecule has 1 aliphatic rings. The summed E-state index contributed by atoms with van der Waals surface area (Å²) in [5.74, 6) is 0.247. The van der Waals surface area contributed by atoms with Gasteiger partial charge in [-0.1, -0.05) is 20.3 Å². The molecule has 0 saturated carbocycles. The second-order valence-corrected chi connectivity index (χ2v) is 4.36. The van der Waals surface area contributed by atoms with Crippen LogP contribution in [-0.4, -0.2) is 61.5 Å². The van der Waals surface area contributed by atoms with Gasteiger partial charge in [0.15, 0.2) is 0 Å². The van der Waals surface area contributed by atoms with E-state index in [0.717, 1.165) is 32.7 Å². The van der Waals surface area contributed by atoms with Crippen molar-refractivity contribution in [3.05, 3.63) is 0 Å². The zero-order chi connectivity index (χ0) is 11.8. The minimum Gasteiger partial charge on any atom is -0.339 e. The van der Waals surface area contributed by atoms with Crippen molar-refractivity contribution >= 4 is 5.91 Å². The number of carbonyl (C=O) groups is 1. The number of amides is 1. The van der Waals surface area contributed by atoms with Crippen LogP contribution >= 0.6 is 0 Å². The Balaban J connectivity index is 2.18. The first-order valence-electron chi connectivity index (χ1n) is 6.48. The highest BCUT2D eigenvalue weighted by molar-refractivity contribution is 5.78. The molecule has 1 N–H and O–H groups in total. The normalized spacial score (nSPS) is 17.8. The fourth-order valence-corrected chi connectivity index (χ4v) is 1.95. The summed E-state index contributed by atoms with van der Waals surface area (Å²) in [6, 6.07) is 0. The van der Waals surface area contributed by atoms with Crippen molar-refractivity contribution in [2.24, 2.45) is 0 Å². The number of likely N-dealkylation sites (N-methyl/N-ethyl adjacent to an activating group) is 1. The van der Waals surface area contributed by atoms with Gasteiger partial charge in [0, 0.05) is 26.2 Å². The number of piperazine rings is 1. The number of carbonyl (C=O) groups excluding carboxylic acids is 1. The van der Waals surface area contributed by atoms with E-state index in [0.29, 0.717) is 6.54 Å². The minimum atomic E-state index is 0.247. The van der Waals surface area contributed by atoms with Crippen LogP contribution in [0.1, 0.15) is 26.7 Å². The predicted molar refractivity (Wildman–Crippen MR) is 66.5 cm³/mol. The summed E-state index contributed by atoms with van der Waals surface area (Å²) in [6.45, 7) is 10.7.